The van der Waals surface area contributed by atoms with Gasteiger partial charge < -0.3 is 5.11 Å². The summed E-state index contributed by atoms with van der Waals surface area (Å²) >= 11 is 0. The van der Waals surface area contributed by atoms with Gasteiger partial charge in [0.25, 0.3) is 0 Å². The van der Waals surface area contributed by atoms with E-state index in [9.17, 15) is 4.79 Å². The standard InChI is InChI=1S/C13H25NO2/c1-11(2)14(10-13(15)16)9-12-7-5-3-4-6-8-12/h11-12H,3-10H2,1-2H3,(H,15,16). The molecule has 0 spiro atoms. The third-order valence-corrected chi connectivity index (χ3v) is 3.54. The number of aliphatic carboxylic acids is 1. The van der Waals surface area contributed by atoms with E-state index in [2.05, 4.69) is 18.7 Å². The minimum Gasteiger partial charge on any atom is -0.480 e. The summed E-state index contributed by atoms with van der Waals surface area (Å²) in [4.78, 5) is 12.9. The molecule has 1 N–H and O–H groups in total. The Morgan fingerprint density at radius 3 is 2.25 bits per heavy atom. The average molecular weight is 227 g/mol. The van der Waals surface area contributed by atoms with Gasteiger partial charge in [0, 0.05) is 12.6 Å². The van der Waals surface area contributed by atoms with E-state index in [1.54, 1.807) is 0 Å². The van der Waals surface area contributed by atoms with Gasteiger partial charge in [0.1, 0.15) is 0 Å². The fourth-order valence-electron chi connectivity index (χ4n) is 2.51. The van der Waals surface area contributed by atoms with E-state index in [0.717, 1.165) is 6.54 Å². The zero-order chi connectivity index (χ0) is 12.0. The normalized spacial score (nSPS) is 19.0. The Morgan fingerprint density at radius 1 is 1.25 bits per heavy atom. The molecule has 0 unspecified atom stereocenters. The maximum Gasteiger partial charge on any atom is 0.317 e. The number of carboxylic acid groups (broad SMARTS) is 1. The van der Waals surface area contributed by atoms with Crippen molar-refractivity contribution in [1.82, 2.24) is 4.90 Å². The van der Waals surface area contributed by atoms with Crippen LogP contribution in [0.5, 0.6) is 0 Å². The third kappa shape index (κ3) is 4.97. The van der Waals surface area contributed by atoms with Crippen molar-refractivity contribution in [3.05, 3.63) is 0 Å². The number of rotatable bonds is 5. The number of nitrogens with zero attached hydrogens (tertiary/aromatic N) is 1. The Hall–Kier alpha value is -0.570. The first-order valence-corrected chi connectivity index (χ1v) is 6.55. The summed E-state index contributed by atoms with van der Waals surface area (Å²) in [5.41, 5.74) is 0. The zero-order valence-electron chi connectivity index (χ0n) is 10.6. The zero-order valence-corrected chi connectivity index (χ0v) is 10.6. The van der Waals surface area contributed by atoms with Crippen molar-refractivity contribution < 1.29 is 9.90 Å². The van der Waals surface area contributed by atoms with E-state index < -0.39 is 5.97 Å². The molecular weight excluding hydrogens is 202 g/mol. The van der Waals surface area contributed by atoms with Crippen LogP contribution in [0.4, 0.5) is 0 Å². The van der Waals surface area contributed by atoms with Crippen molar-refractivity contribution in [2.75, 3.05) is 13.1 Å². The van der Waals surface area contributed by atoms with Gasteiger partial charge in [0.2, 0.25) is 0 Å². The minimum atomic E-state index is -0.706. The van der Waals surface area contributed by atoms with Crippen molar-refractivity contribution in [3.63, 3.8) is 0 Å². The molecule has 1 aliphatic rings. The molecule has 0 aromatic carbocycles. The summed E-state index contributed by atoms with van der Waals surface area (Å²) in [6, 6.07) is 0.333. The molecule has 94 valence electrons. The van der Waals surface area contributed by atoms with Crippen LogP contribution in [0.15, 0.2) is 0 Å². The van der Waals surface area contributed by atoms with Crippen LogP contribution in [-0.4, -0.2) is 35.1 Å². The van der Waals surface area contributed by atoms with Crippen LogP contribution in [0.25, 0.3) is 0 Å². The smallest absolute Gasteiger partial charge is 0.317 e. The van der Waals surface area contributed by atoms with Gasteiger partial charge in [0.05, 0.1) is 6.54 Å². The summed E-state index contributed by atoms with van der Waals surface area (Å²) in [6.45, 7) is 5.32. The van der Waals surface area contributed by atoms with Gasteiger partial charge in [-0.2, -0.15) is 0 Å². The molecule has 3 nitrogen and oxygen atoms in total. The summed E-state index contributed by atoms with van der Waals surface area (Å²) < 4.78 is 0. The molecule has 3 heteroatoms. The van der Waals surface area contributed by atoms with Crippen molar-refractivity contribution >= 4 is 5.97 Å². The highest BCUT2D eigenvalue weighted by atomic mass is 16.4. The van der Waals surface area contributed by atoms with Crippen LogP contribution in [0, 0.1) is 5.92 Å². The summed E-state index contributed by atoms with van der Waals surface area (Å²) in [5.74, 6) is 0.00609. The fourth-order valence-corrected chi connectivity index (χ4v) is 2.51. The Labute approximate surface area is 98.8 Å². The third-order valence-electron chi connectivity index (χ3n) is 3.54. The maximum absolute atomic E-state index is 10.8. The van der Waals surface area contributed by atoms with Gasteiger partial charge in [-0.25, -0.2) is 0 Å². The Bertz CT molecular complexity index is 208. The van der Waals surface area contributed by atoms with E-state index in [0.29, 0.717) is 12.0 Å². The largest absolute Gasteiger partial charge is 0.480 e. The molecule has 0 aromatic heterocycles. The number of hydrogen-bond donors (Lipinski definition) is 1. The monoisotopic (exact) mass is 227 g/mol. The second kappa shape index (κ2) is 6.89. The SMILES string of the molecule is CC(C)N(CC(=O)O)CC1CCCCCC1. The van der Waals surface area contributed by atoms with Gasteiger partial charge in [-0.15, -0.1) is 0 Å². The quantitative estimate of drug-likeness (QED) is 0.734. The van der Waals surface area contributed by atoms with Crippen molar-refractivity contribution in [3.8, 4) is 0 Å². The van der Waals surface area contributed by atoms with Crippen LogP contribution in [0.2, 0.25) is 0 Å². The molecular formula is C13H25NO2. The lowest BCUT2D eigenvalue weighted by molar-refractivity contribution is -0.139. The molecule has 0 saturated heterocycles. The molecule has 0 bridgehead atoms. The fraction of sp³-hybridized carbons (Fsp3) is 0.923. The molecule has 0 heterocycles. The second-order valence-corrected chi connectivity index (χ2v) is 5.27. The number of carbonyl (C=O) groups is 1. The van der Waals surface area contributed by atoms with Crippen LogP contribution in [0.3, 0.4) is 0 Å². The van der Waals surface area contributed by atoms with E-state index >= 15 is 0 Å². The molecule has 0 aromatic rings. The van der Waals surface area contributed by atoms with Gasteiger partial charge in [-0.05, 0) is 32.6 Å². The van der Waals surface area contributed by atoms with Gasteiger partial charge in [-0.1, -0.05) is 25.7 Å². The number of carboxylic acids is 1. The first-order valence-electron chi connectivity index (χ1n) is 6.55. The molecule has 0 amide bonds. The lowest BCUT2D eigenvalue weighted by Gasteiger charge is -2.28. The first-order chi connectivity index (χ1) is 7.59. The topological polar surface area (TPSA) is 40.5 Å². The van der Waals surface area contributed by atoms with Gasteiger partial charge in [-0.3, -0.25) is 9.69 Å². The molecule has 0 aliphatic heterocycles. The number of hydrogen-bond acceptors (Lipinski definition) is 2. The Kier molecular flexibility index (Phi) is 5.81. The summed E-state index contributed by atoms with van der Waals surface area (Å²) in [7, 11) is 0. The minimum absolute atomic E-state index is 0.189. The van der Waals surface area contributed by atoms with Gasteiger partial charge >= 0.3 is 5.97 Å². The molecule has 1 fully saturated rings. The maximum atomic E-state index is 10.8. The predicted octanol–water partition coefficient (Wildman–Crippen LogP) is 2.75. The highest BCUT2D eigenvalue weighted by Crippen LogP contribution is 2.24. The Balaban J connectivity index is 2.42. The van der Waals surface area contributed by atoms with Gasteiger partial charge in [0.15, 0.2) is 0 Å². The van der Waals surface area contributed by atoms with E-state index in [-0.39, 0.29) is 6.54 Å². The molecule has 1 rings (SSSR count). The lowest BCUT2D eigenvalue weighted by atomic mass is 9.99. The Morgan fingerprint density at radius 2 is 1.81 bits per heavy atom. The van der Waals surface area contributed by atoms with Crippen LogP contribution < -0.4 is 0 Å². The first kappa shape index (κ1) is 13.5. The van der Waals surface area contributed by atoms with E-state index in [1.165, 1.54) is 38.5 Å². The molecule has 16 heavy (non-hydrogen) atoms. The van der Waals surface area contributed by atoms with E-state index in [1.807, 2.05) is 0 Å². The van der Waals surface area contributed by atoms with Crippen molar-refractivity contribution in [2.45, 2.75) is 58.4 Å². The summed E-state index contributed by atoms with van der Waals surface area (Å²) in [5, 5.41) is 8.88. The van der Waals surface area contributed by atoms with Crippen LogP contribution in [-0.2, 0) is 4.79 Å². The highest BCUT2D eigenvalue weighted by Gasteiger charge is 2.19. The van der Waals surface area contributed by atoms with E-state index in [4.69, 9.17) is 5.11 Å². The van der Waals surface area contributed by atoms with Crippen LogP contribution >= 0.6 is 0 Å². The summed E-state index contributed by atoms with van der Waals surface area (Å²) in [6.07, 6.45) is 7.92. The average Bonchev–Trinajstić information content (AvgIpc) is 2.44. The second-order valence-electron chi connectivity index (χ2n) is 5.27. The molecule has 0 radical (unpaired) electrons. The molecule has 1 saturated carbocycles. The van der Waals surface area contributed by atoms with Crippen molar-refractivity contribution in [2.24, 2.45) is 5.92 Å². The highest BCUT2D eigenvalue weighted by molar-refractivity contribution is 5.69. The molecule has 1 aliphatic carbocycles. The van der Waals surface area contributed by atoms with Crippen LogP contribution in [0.1, 0.15) is 52.4 Å². The van der Waals surface area contributed by atoms with Crippen molar-refractivity contribution in [1.29, 1.82) is 0 Å². The predicted molar refractivity (Wildman–Crippen MR) is 65.5 cm³/mol. The molecule has 0 atom stereocenters. The lowest BCUT2D eigenvalue weighted by Crippen LogP contribution is -2.39.